The quantitative estimate of drug-likeness (QED) is 0.670. The van der Waals surface area contributed by atoms with E-state index in [9.17, 15) is 0 Å². The van der Waals surface area contributed by atoms with Gasteiger partial charge in [-0.05, 0) is 48.6 Å². The standard InChI is InChI=1S/C17H18/c1-12(2)15-10-5-6-11-16(15)17-13(3)8-7-9-14(17)4/h5-11H,1H2,2-4H3. The van der Waals surface area contributed by atoms with Crippen LogP contribution in [0.3, 0.4) is 0 Å². The van der Waals surface area contributed by atoms with E-state index in [0.29, 0.717) is 0 Å². The second kappa shape index (κ2) is 4.58. The zero-order chi connectivity index (χ0) is 12.4. The molecule has 0 radical (unpaired) electrons. The summed E-state index contributed by atoms with van der Waals surface area (Å²) in [6.07, 6.45) is 0. The van der Waals surface area contributed by atoms with Gasteiger partial charge < -0.3 is 0 Å². The summed E-state index contributed by atoms with van der Waals surface area (Å²) in [4.78, 5) is 0. The van der Waals surface area contributed by atoms with Crippen LogP contribution in [0.1, 0.15) is 23.6 Å². The number of hydrogen-bond acceptors (Lipinski definition) is 0. The maximum absolute atomic E-state index is 4.07. The smallest absolute Gasteiger partial charge is 0.0104 e. The van der Waals surface area contributed by atoms with Crippen molar-refractivity contribution >= 4 is 5.57 Å². The van der Waals surface area contributed by atoms with E-state index < -0.39 is 0 Å². The van der Waals surface area contributed by atoms with Crippen molar-refractivity contribution in [2.75, 3.05) is 0 Å². The maximum Gasteiger partial charge on any atom is -0.0104 e. The molecule has 0 N–H and O–H groups in total. The van der Waals surface area contributed by atoms with Crippen LogP contribution in [0.4, 0.5) is 0 Å². The molecule has 0 heterocycles. The van der Waals surface area contributed by atoms with Gasteiger partial charge in [0, 0.05) is 0 Å². The highest BCUT2D eigenvalue weighted by Gasteiger charge is 2.09. The van der Waals surface area contributed by atoms with Crippen molar-refractivity contribution in [3.8, 4) is 11.1 Å². The SMILES string of the molecule is C=C(C)c1ccccc1-c1c(C)cccc1C. The van der Waals surface area contributed by atoms with E-state index in [1.807, 2.05) is 0 Å². The first kappa shape index (κ1) is 11.7. The minimum Gasteiger partial charge on any atom is -0.0955 e. The van der Waals surface area contributed by atoms with Gasteiger partial charge in [-0.3, -0.25) is 0 Å². The van der Waals surface area contributed by atoms with Crippen molar-refractivity contribution in [1.82, 2.24) is 0 Å². The Hall–Kier alpha value is -1.82. The maximum atomic E-state index is 4.07. The molecule has 0 aliphatic heterocycles. The van der Waals surface area contributed by atoms with Crippen molar-refractivity contribution < 1.29 is 0 Å². The minimum atomic E-state index is 1.11. The molecule has 86 valence electrons. The van der Waals surface area contributed by atoms with E-state index in [4.69, 9.17) is 0 Å². The van der Waals surface area contributed by atoms with Crippen LogP contribution < -0.4 is 0 Å². The third kappa shape index (κ3) is 2.16. The summed E-state index contributed by atoms with van der Waals surface area (Å²) in [6, 6.07) is 14.9. The summed E-state index contributed by atoms with van der Waals surface area (Å²) < 4.78 is 0. The lowest BCUT2D eigenvalue weighted by molar-refractivity contribution is 1.37. The molecular formula is C17H18. The first-order valence-electron chi connectivity index (χ1n) is 5.92. The van der Waals surface area contributed by atoms with E-state index in [0.717, 1.165) is 5.57 Å². The summed E-state index contributed by atoms with van der Waals surface area (Å²) in [7, 11) is 0. The van der Waals surface area contributed by atoms with Crippen LogP contribution in [0.5, 0.6) is 0 Å². The normalized spacial score (nSPS) is 10.3. The molecule has 0 spiro atoms. The fourth-order valence-electron chi connectivity index (χ4n) is 2.31. The van der Waals surface area contributed by atoms with E-state index in [1.54, 1.807) is 0 Å². The predicted molar refractivity (Wildman–Crippen MR) is 76.1 cm³/mol. The molecule has 0 unspecified atom stereocenters. The van der Waals surface area contributed by atoms with Crippen LogP contribution in [0.25, 0.3) is 16.7 Å². The van der Waals surface area contributed by atoms with Gasteiger partial charge in [0.15, 0.2) is 0 Å². The number of aryl methyl sites for hydroxylation is 2. The number of rotatable bonds is 2. The van der Waals surface area contributed by atoms with Crippen LogP contribution in [0, 0.1) is 13.8 Å². The van der Waals surface area contributed by atoms with Gasteiger partial charge in [-0.2, -0.15) is 0 Å². The highest BCUT2D eigenvalue weighted by molar-refractivity contribution is 5.82. The van der Waals surface area contributed by atoms with Gasteiger partial charge in [0.25, 0.3) is 0 Å². The summed E-state index contributed by atoms with van der Waals surface area (Å²) in [5.41, 5.74) is 7.62. The largest absolute Gasteiger partial charge is 0.0955 e. The molecule has 0 aromatic heterocycles. The molecule has 0 saturated heterocycles. The average molecular weight is 222 g/mol. The molecule has 0 nitrogen and oxygen atoms in total. The van der Waals surface area contributed by atoms with Gasteiger partial charge in [0.2, 0.25) is 0 Å². The van der Waals surface area contributed by atoms with Crippen LogP contribution >= 0.6 is 0 Å². The second-order valence-corrected chi connectivity index (χ2v) is 4.59. The fraction of sp³-hybridized carbons (Fsp3) is 0.176. The molecule has 17 heavy (non-hydrogen) atoms. The highest BCUT2D eigenvalue weighted by atomic mass is 14.1. The molecule has 0 heteroatoms. The van der Waals surface area contributed by atoms with Crippen LogP contribution in [0.2, 0.25) is 0 Å². The van der Waals surface area contributed by atoms with Crippen LogP contribution in [-0.4, -0.2) is 0 Å². The Morgan fingerprint density at radius 3 is 2.06 bits per heavy atom. The Balaban J connectivity index is 2.73. The first-order valence-corrected chi connectivity index (χ1v) is 5.92. The van der Waals surface area contributed by atoms with Crippen LogP contribution in [0.15, 0.2) is 49.0 Å². The third-order valence-corrected chi connectivity index (χ3v) is 3.14. The monoisotopic (exact) mass is 222 g/mol. The molecule has 0 aliphatic carbocycles. The van der Waals surface area contributed by atoms with Gasteiger partial charge in [-0.25, -0.2) is 0 Å². The van der Waals surface area contributed by atoms with E-state index >= 15 is 0 Å². The average Bonchev–Trinajstić information content (AvgIpc) is 2.29. The Morgan fingerprint density at radius 2 is 1.47 bits per heavy atom. The van der Waals surface area contributed by atoms with Crippen molar-refractivity contribution in [3.05, 3.63) is 65.7 Å². The molecular weight excluding hydrogens is 204 g/mol. The summed E-state index contributed by atoms with van der Waals surface area (Å²) in [5.74, 6) is 0. The molecule has 0 fully saturated rings. The Bertz CT molecular complexity index is 542. The van der Waals surface area contributed by atoms with Gasteiger partial charge in [0.1, 0.15) is 0 Å². The van der Waals surface area contributed by atoms with Crippen LogP contribution in [-0.2, 0) is 0 Å². The van der Waals surface area contributed by atoms with E-state index in [1.165, 1.54) is 27.8 Å². The lowest BCUT2D eigenvalue weighted by Gasteiger charge is -2.14. The molecule has 0 amide bonds. The van der Waals surface area contributed by atoms with Gasteiger partial charge in [-0.1, -0.05) is 54.6 Å². The van der Waals surface area contributed by atoms with E-state index in [-0.39, 0.29) is 0 Å². The first-order chi connectivity index (χ1) is 8.11. The molecule has 0 bridgehead atoms. The van der Waals surface area contributed by atoms with Gasteiger partial charge >= 0.3 is 0 Å². The van der Waals surface area contributed by atoms with Gasteiger partial charge in [0.05, 0.1) is 0 Å². The summed E-state index contributed by atoms with van der Waals surface area (Å²) in [5, 5.41) is 0. The third-order valence-electron chi connectivity index (χ3n) is 3.14. The predicted octanol–water partition coefficient (Wildman–Crippen LogP) is 5.00. The molecule has 0 saturated carbocycles. The fourth-order valence-corrected chi connectivity index (χ4v) is 2.31. The Kier molecular flexibility index (Phi) is 3.14. The van der Waals surface area contributed by atoms with Crippen molar-refractivity contribution in [1.29, 1.82) is 0 Å². The summed E-state index contributed by atoms with van der Waals surface area (Å²) >= 11 is 0. The molecule has 0 atom stereocenters. The van der Waals surface area contributed by atoms with Gasteiger partial charge in [-0.15, -0.1) is 0 Å². The Labute approximate surface area is 104 Å². The molecule has 2 aromatic carbocycles. The minimum absolute atomic E-state index is 1.11. The van der Waals surface area contributed by atoms with Crippen molar-refractivity contribution in [2.45, 2.75) is 20.8 Å². The van der Waals surface area contributed by atoms with E-state index in [2.05, 4.69) is 69.8 Å². The molecule has 2 aromatic rings. The Morgan fingerprint density at radius 1 is 0.882 bits per heavy atom. The number of benzene rings is 2. The lowest BCUT2D eigenvalue weighted by Crippen LogP contribution is -1.91. The molecule has 2 rings (SSSR count). The zero-order valence-corrected chi connectivity index (χ0v) is 10.7. The highest BCUT2D eigenvalue weighted by Crippen LogP contribution is 2.32. The van der Waals surface area contributed by atoms with Crippen molar-refractivity contribution in [3.63, 3.8) is 0 Å². The zero-order valence-electron chi connectivity index (χ0n) is 10.7. The number of allylic oxidation sites excluding steroid dienone is 1. The molecule has 0 aliphatic rings. The van der Waals surface area contributed by atoms with Crippen molar-refractivity contribution in [2.24, 2.45) is 0 Å². The lowest BCUT2D eigenvalue weighted by atomic mass is 9.90. The number of hydrogen-bond donors (Lipinski definition) is 0. The summed E-state index contributed by atoms with van der Waals surface area (Å²) in [6.45, 7) is 10.5. The second-order valence-electron chi connectivity index (χ2n) is 4.59. The topological polar surface area (TPSA) is 0 Å².